The zero-order valence-corrected chi connectivity index (χ0v) is 30.3. The van der Waals surface area contributed by atoms with E-state index in [4.69, 9.17) is 4.74 Å². The Balaban J connectivity index is 1.18. The molecule has 6 aliphatic rings. The van der Waals surface area contributed by atoms with Gasteiger partial charge in [0, 0.05) is 80.3 Å². The van der Waals surface area contributed by atoms with Crippen molar-refractivity contribution < 1.29 is 22.7 Å². The zero-order valence-electron chi connectivity index (χ0n) is 29.5. The van der Waals surface area contributed by atoms with E-state index in [-0.39, 0.29) is 29.5 Å². The van der Waals surface area contributed by atoms with Gasteiger partial charge in [-0.2, -0.15) is 12.7 Å². The minimum Gasteiger partial charge on any atom is -0.497 e. The monoisotopic (exact) mass is 699 g/mol. The van der Waals surface area contributed by atoms with E-state index in [2.05, 4.69) is 31.2 Å². The molecule has 4 unspecified atom stereocenters. The number of methoxy groups -OCH3 is 1. The fourth-order valence-corrected chi connectivity index (χ4v) is 10.6. The highest BCUT2D eigenvalue weighted by molar-refractivity contribution is 7.87. The lowest BCUT2D eigenvalue weighted by Crippen LogP contribution is -2.58. The van der Waals surface area contributed by atoms with Crippen LogP contribution in [0, 0.1) is 11.3 Å². The van der Waals surface area contributed by atoms with Crippen molar-refractivity contribution in [1.29, 1.82) is 0 Å². The van der Waals surface area contributed by atoms with Crippen molar-refractivity contribution in [3.63, 3.8) is 0 Å². The third-order valence-electron chi connectivity index (χ3n) is 12.9. The molecule has 1 N–H and O–H groups in total. The molecule has 3 saturated carbocycles. The first-order valence-electron chi connectivity index (χ1n) is 18.7. The summed E-state index contributed by atoms with van der Waals surface area (Å²) in [5.41, 5.74) is 5.39. The average Bonchev–Trinajstić information content (AvgIpc) is 4.02. The Morgan fingerprint density at radius 2 is 1.70 bits per heavy atom. The summed E-state index contributed by atoms with van der Waals surface area (Å²) in [6.07, 6.45) is 11.4. The molecule has 4 atom stereocenters. The van der Waals surface area contributed by atoms with Crippen LogP contribution in [0.3, 0.4) is 0 Å². The van der Waals surface area contributed by atoms with E-state index in [0.29, 0.717) is 12.5 Å². The van der Waals surface area contributed by atoms with Crippen LogP contribution in [0.2, 0.25) is 0 Å². The molecule has 5 fully saturated rings. The van der Waals surface area contributed by atoms with Crippen LogP contribution in [-0.2, 0) is 21.5 Å². The van der Waals surface area contributed by atoms with Crippen molar-refractivity contribution in [2.75, 3.05) is 40.8 Å². The molecular weight excluding hydrogens is 651 g/mol. The minimum atomic E-state index is -3.97. The first-order valence-corrected chi connectivity index (χ1v) is 20.2. The number of fused-ring (bicyclic) bond motifs is 9. The number of nitrogens with zero attached hydrogens (tertiary/aromatic N) is 4. The Kier molecular flexibility index (Phi) is 7.68. The lowest BCUT2D eigenvalue weighted by molar-refractivity contribution is -0.143. The van der Waals surface area contributed by atoms with Crippen LogP contribution >= 0.6 is 0 Å². The molecule has 4 heterocycles. The molecule has 3 aromatic rings. The first kappa shape index (κ1) is 32.5. The van der Waals surface area contributed by atoms with Gasteiger partial charge in [-0.25, -0.2) is 4.72 Å². The maximum absolute atomic E-state index is 15.2. The molecule has 9 rings (SSSR count). The standard InChI is InChI=1S/C39H49N5O5S/c1-41(2)50(47,48)40-37(45)26-11-15-31-34(17-26)43-23-39(38(46)44-27-12-13-28(44)22-42(21-27)20-24-9-10-24)19-33(39)32-18-29(49-3)14-16-30(32)36(43)35(31)25-7-5-4-6-8-25/h11,14-18,24-25,27-28,33H,4-10,12-13,19-23H2,1-3H3,(H,40,45). The molecule has 2 bridgehead atoms. The molecule has 1 aromatic heterocycles. The molecule has 0 radical (unpaired) electrons. The van der Waals surface area contributed by atoms with Gasteiger partial charge in [-0.3, -0.25) is 14.5 Å². The van der Waals surface area contributed by atoms with Gasteiger partial charge in [0.05, 0.1) is 18.2 Å². The maximum atomic E-state index is 15.2. The fourth-order valence-electron chi connectivity index (χ4n) is 10.1. The van der Waals surface area contributed by atoms with Gasteiger partial charge < -0.3 is 14.2 Å². The molecule has 2 saturated heterocycles. The molecule has 3 aliphatic heterocycles. The predicted molar refractivity (Wildman–Crippen MR) is 192 cm³/mol. The normalized spacial score (nSPS) is 27.8. The second kappa shape index (κ2) is 11.8. The van der Waals surface area contributed by atoms with Crippen LogP contribution in [0.15, 0.2) is 36.4 Å². The van der Waals surface area contributed by atoms with Gasteiger partial charge in [0.15, 0.2) is 0 Å². The number of carbonyl (C=O) groups excluding carboxylic acids is 2. The van der Waals surface area contributed by atoms with Crippen LogP contribution in [-0.4, -0.2) is 91.8 Å². The number of aromatic nitrogens is 1. The Bertz CT molecular complexity index is 1980. The molecule has 11 heteroatoms. The van der Waals surface area contributed by atoms with E-state index in [9.17, 15) is 13.2 Å². The summed E-state index contributed by atoms with van der Waals surface area (Å²) in [6.45, 7) is 3.66. The van der Waals surface area contributed by atoms with Gasteiger partial charge in [-0.05, 0) is 98.2 Å². The lowest BCUT2D eigenvalue weighted by atomic mass is 9.81. The highest BCUT2D eigenvalue weighted by atomic mass is 32.2. The second-order valence-electron chi connectivity index (χ2n) is 16.3. The number of carbonyl (C=O) groups is 2. The third-order valence-corrected chi connectivity index (χ3v) is 14.3. The summed E-state index contributed by atoms with van der Waals surface area (Å²) >= 11 is 0. The Morgan fingerprint density at radius 3 is 2.38 bits per heavy atom. The van der Waals surface area contributed by atoms with Crippen molar-refractivity contribution in [3.05, 3.63) is 53.1 Å². The average molecular weight is 700 g/mol. The molecule has 2 aromatic carbocycles. The second-order valence-corrected chi connectivity index (χ2v) is 18.1. The number of piperazine rings is 1. The first-order chi connectivity index (χ1) is 24.1. The van der Waals surface area contributed by atoms with Gasteiger partial charge in [-0.1, -0.05) is 25.3 Å². The van der Waals surface area contributed by atoms with Crippen LogP contribution < -0.4 is 9.46 Å². The number of amides is 2. The molecule has 50 heavy (non-hydrogen) atoms. The van der Waals surface area contributed by atoms with Crippen molar-refractivity contribution in [3.8, 4) is 17.0 Å². The number of nitrogens with one attached hydrogen (secondary N) is 1. The topological polar surface area (TPSA) is 104 Å². The van der Waals surface area contributed by atoms with Crippen molar-refractivity contribution >= 4 is 32.9 Å². The van der Waals surface area contributed by atoms with Crippen LogP contribution in [0.5, 0.6) is 5.75 Å². The maximum Gasteiger partial charge on any atom is 0.303 e. The van der Waals surface area contributed by atoms with E-state index in [1.54, 1.807) is 13.2 Å². The predicted octanol–water partition coefficient (Wildman–Crippen LogP) is 5.47. The van der Waals surface area contributed by atoms with Gasteiger partial charge in [0.25, 0.3) is 5.91 Å². The van der Waals surface area contributed by atoms with Crippen LogP contribution in [0.1, 0.15) is 97.5 Å². The zero-order chi connectivity index (χ0) is 34.5. The number of hydrogen-bond donors (Lipinski definition) is 1. The minimum absolute atomic E-state index is 0.0786. The van der Waals surface area contributed by atoms with Gasteiger partial charge in [-0.15, -0.1) is 0 Å². The van der Waals surface area contributed by atoms with Crippen LogP contribution in [0.4, 0.5) is 0 Å². The Hall–Kier alpha value is -3.41. The van der Waals surface area contributed by atoms with E-state index >= 15 is 4.79 Å². The van der Waals surface area contributed by atoms with Gasteiger partial charge in [0.2, 0.25) is 5.91 Å². The van der Waals surface area contributed by atoms with Crippen molar-refractivity contribution in [2.45, 2.75) is 94.7 Å². The Morgan fingerprint density at radius 1 is 0.960 bits per heavy atom. The molecule has 10 nitrogen and oxygen atoms in total. The SMILES string of the molecule is COc1ccc2c(c1)C1CC1(C(=O)N1C3CCC1CN(CC1CC1)C3)Cn1c-2c(C2CCCCC2)c2ccc(C(=O)NS(=O)(=O)N(C)C)cc21. The lowest BCUT2D eigenvalue weighted by Gasteiger charge is -2.43. The van der Waals surface area contributed by atoms with E-state index < -0.39 is 21.5 Å². The number of benzene rings is 2. The summed E-state index contributed by atoms with van der Waals surface area (Å²) in [7, 11) is 0.536. The quantitative estimate of drug-likeness (QED) is 0.335. The molecule has 266 valence electrons. The van der Waals surface area contributed by atoms with Crippen molar-refractivity contribution in [1.82, 2.24) is 23.4 Å². The fraction of sp³-hybridized carbons (Fsp3) is 0.590. The number of rotatable bonds is 8. The molecule has 3 aliphatic carbocycles. The van der Waals surface area contributed by atoms with Gasteiger partial charge in [0.1, 0.15) is 5.75 Å². The third kappa shape index (κ3) is 5.20. The summed E-state index contributed by atoms with van der Waals surface area (Å²) < 4.78 is 36.6. The summed E-state index contributed by atoms with van der Waals surface area (Å²) in [5.74, 6) is 1.71. The number of likely N-dealkylation sites (tertiary alicyclic amines) is 1. The largest absolute Gasteiger partial charge is 0.497 e. The highest BCUT2D eigenvalue weighted by Crippen LogP contribution is 2.66. The summed E-state index contributed by atoms with van der Waals surface area (Å²) in [5, 5.41) is 1.09. The van der Waals surface area contributed by atoms with Gasteiger partial charge >= 0.3 is 10.2 Å². The van der Waals surface area contributed by atoms with Crippen molar-refractivity contribution in [2.24, 2.45) is 11.3 Å². The summed E-state index contributed by atoms with van der Waals surface area (Å²) in [4.78, 5) is 33.6. The van der Waals surface area contributed by atoms with E-state index in [1.165, 1.54) is 63.9 Å². The smallest absolute Gasteiger partial charge is 0.303 e. The molecular formula is C39H49N5O5S. The number of ether oxygens (including phenoxy) is 1. The number of hydrogen-bond acceptors (Lipinski definition) is 6. The highest BCUT2D eigenvalue weighted by Gasteiger charge is 2.65. The van der Waals surface area contributed by atoms with Crippen LogP contribution in [0.25, 0.3) is 22.2 Å². The molecule has 0 spiro atoms. The van der Waals surface area contributed by atoms with E-state index in [0.717, 1.165) is 83.3 Å². The summed E-state index contributed by atoms with van der Waals surface area (Å²) in [6, 6.07) is 12.5. The van der Waals surface area contributed by atoms with E-state index in [1.807, 2.05) is 18.2 Å². The Labute approximate surface area is 295 Å². The molecule has 2 amide bonds.